The fraction of sp³-hybridized carbons (Fsp3) is 0.417. The summed E-state index contributed by atoms with van der Waals surface area (Å²) in [6.45, 7) is 1.81. The molecule has 0 aliphatic rings. The van der Waals surface area contributed by atoms with Crippen LogP contribution in [0.1, 0.15) is 18.9 Å². The molecule has 0 fully saturated rings. The van der Waals surface area contributed by atoms with E-state index < -0.39 is 5.60 Å². The van der Waals surface area contributed by atoms with E-state index in [4.69, 9.17) is 4.74 Å². The third kappa shape index (κ3) is 2.96. The van der Waals surface area contributed by atoms with Crippen molar-refractivity contribution in [1.82, 2.24) is 0 Å². The summed E-state index contributed by atoms with van der Waals surface area (Å²) in [6, 6.07) is 10.1. The van der Waals surface area contributed by atoms with E-state index in [1.165, 1.54) is 5.56 Å². The van der Waals surface area contributed by atoms with Gasteiger partial charge in [0.1, 0.15) is 5.60 Å². The number of carbonyl (C=O) groups excluding carboxylic acids is 1. The van der Waals surface area contributed by atoms with E-state index in [1.54, 1.807) is 7.11 Å². The van der Waals surface area contributed by atoms with Gasteiger partial charge in [-0.25, -0.2) is 0 Å². The molecule has 0 aliphatic heterocycles. The van der Waals surface area contributed by atoms with Gasteiger partial charge in [-0.3, -0.25) is 0 Å². The Bertz CT molecular complexity index is 282. The van der Waals surface area contributed by atoms with E-state index in [1.807, 2.05) is 25.1 Å². The minimum Gasteiger partial charge on any atom is -0.371 e. The van der Waals surface area contributed by atoms with Crippen LogP contribution in [0.5, 0.6) is 0 Å². The van der Waals surface area contributed by atoms with Crippen LogP contribution >= 0.6 is 0 Å². The van der Waals surface area contributed by atoms with Crippen LogP contribution in [0.15, 0.2) is 30.3 Å². The summed E-state index contributed by atoms with van der Waals surface area (Å²) in [6.07, 6.45) is 2.46. The van der Waals surface area contributed by atoms with Crippen LogP contribution in [0.2, 0.25) is 0 Å². The van der Waals surface area contributed by atoms with Gasteiger partial charge in [0.25, 0.3) is 0 Å². The number of benzene rings is 1. The lowest BCUT2D eigenvalue weighted by atomic mass is 9.98. The van der Waals surface area contributed by atoms with Crippen molar-refractivity contribution in [3.05, 3.63) is 35.9 Å². The van der Waals surface area contributed by atoms with E-state index in [2.05, 4.69) is 12.1 Å². The fourth-order valence-electron chi connectivity index (χ4n) is 1.25. The van der Waals surface area contributed by atoms with Crippen LogP contribution in [-0.4, -0.2) is 19.0 Å². The number of aryl methyl sites for hydroxylation is 1. The van der Waals surface area contributed by atoms with Crippen molar-refractivity contribution in [1.29, 1.82) is 0 Å². The lowest BCUT2D eigenvalue weighted by Gasteiger charge is -2.20. The van der Waals surface area contributed by atoms with E-state index in [0.29, 0.717) is 0 Å². The third-order valence-electron chi connectivity index (χ3n) is 2.47. The summed E-state index contributed by atoms with van der Waals surface area (Å²) in [4.78, 5) is 10.8. The van der Waals surface area contributed by atoms with Crippen molar-refractivity contribution in [3.8, 4) is 0 Å². The summed E-state index contributed by atoms with van der Waals surface area (Å²) in [5.74, 6) is 0. The molecular weight excluding hydrogens is 176 g/mol. The van der Waals surface area contributed by atoms with Gasteiger partial charge in [-0.2, -0.15) is 0 Å². The first kappa shape index (κ1) is 10.9. The molecule has 1 atom stereocenters. The molecule has 0 heterocycles. The normalized spacial score (nSPS) is 14.7. The molecule has 0 aromatic heterocycles. The molecule has 1 unspecified atom stereocenters. The average molecular weight is 192 g/mol. The highest BCUT2D eigenvalue weighted by Crippen LogP contribution is 2.15. The number of hydrogen-bond acceptors (Lipinski definition) is 2. The molecule has 0 saturated heterocycles. The summed E-state index contributed by atoms with van der Waals surface area (Å²) in [5.41, 5.74) is 0.591. The van der Waals surface area contributed by atoms with Gasteiger partial charge in [0, 0.05) is 7.11 Å². The molecule has 76 valence electrons. The van der Waals surface area contributed by atoms with Crippen molar-refractivity contribution in [2.24, 2.45) is 0 Å². The predicted molar refractivity (Wildman–Crippen MR) is 56.2 cm³/mol. The Hall–Kier alpha value is -1.15. The van der Waals surface area contributed by atoms with Crippen LogP contribution in [0.25, 0.3) is 0 Å². The molecule has 1 rings (SSSR count). The second-order valence-electron chi connectivity index (χ2n) is 3.62. The Morgan fingerprint density at radius 3 is 2.50 bits per heavy atom. The second kappa shape index (κ2) is 4.91. The standard InChI is InChI=1S/C12H16O2/c1-12(10-13,14-2)9-8-11-6-4-3-5-7-11/h3-7,10H,8-9H2,1-2H3. The first-order chi connectivity index (χ1) is 6.70. The van der Waals surface area contributed by atoms with E-state index in [9.17, 15) is 4.79 Å². The fourth-order valence-corrected chi connectivity index (χ4v) is 1.25. The average Bonchev–Trinajstić information content (AvgIpc) is 2.27. The minimum absolute atomic E-state index is 0.643. The highest BCUT2D eigenvalue weighted by atomic mass is 16.5. The van der Waals surface area contributed by atoms with Gasteiger partial charge in [0.2, 0.25) is 0 Å². The highest BCUT2D eigenvalue weighted by Gasteiger charge is 2.21. The van der Waals surface area contributed by atoms with Crippen LogP contribution < -0.4 is 0 Å². The van der Waals surface area contributed by atoms with Crippen molar-refractivity contribution in [2.45, 2.75) is 25.4 Å². The van der Waals surface area contributed by atoms with E-state index in [-0.39, 0.29) is 0 Å². The number of hydrogen-bond donors (Lipinski definition) is 0. The largest absolute Gasteiger partial charge is 0.371 e. The molecule has 2 nitrogen and oxygen atoms in total. The molecule has 14 heavy (non-hydrogen) atoms. The van der Waals surface area contributed by atoms with E-state index >= 15 is 0 Å². The van der Waals surface area contributed by atoms with Gasteiger partial charge in [-0.15, -0.1) is 0 Å². The number of methoxy groups -OCH3 is 1. The first-order valence-corrected chi connectivity index (χ1v) is 4.75. The topological polar surface area (TPSA) is 26.3 Å². The zero-order valence-corrected chi connectivity index (χ0v) is 8.69. The first-order valence-electron chi connectivity index (χ1n) is 4.75. The summed E-state index contributed by atoms with van der Waals surface area (Å²) in [5, 5.41) is 0. The molecule has 0 bridgehead atoms. The van der Waals surface area contributed by atoms with Crippen molar-refractivity contribution < 1.29 is 9.53 Å². The second-order valence-corrected chi connectivity index (χ2v) is 3.62. The van der Waals surface area contributed by atoms with Gasteiger partial charge in [0.15, 0.2) is 6.29 Å². The molecule has 0 N–H and O–H groups in total. The summed E-state index contributed by atoms with van der Waals surface area (Å²) < 4.78 is 5.14. The van der Waals surface area contributed by atoms with Crippen molar-refractivity contribution >= 4 is 6.29 Å². The molecule has 0 radical (unpaired) electrons. The summed E-state index contributed by atoms with van der Waals surface area (Å²) >= 11 is 0. The zero-order chi connectivity index (χ0) is 10.4. The molecule has 0 spiro atoms. The maximum Gasteiger partial charge on any atom is 0.151 e. The Kier molecular flexibility index (Phi) is 3.84. The third-order valence-corrected chi connectivity index (χ3v) is 2.47. The van der Waals surface area contributed by atoms with Gasteiger partial charge in [-0.1, -0.05) is 30.3 Å². The number of ether oxygens (including phenoxy) is 1. The van der Waals surface area contributed by atoms with Crippen LogP contribution in [0.3, 0.4) is 0 Å². The maximum atomic E-state index is 10.8. The minimum atomic E-state index is -0.643. The molecule has 1 aromatic rings. The summed E-state index contributed by atoms with van der Waals surface area (Å²) in [7, 11) is 1.57. The van der Waals surface area contributed by atoms with Crippen LogP contribution in [-0.2, 0) is 16.0 Å². The molecule has 0 aliphatic carbocycles. The van der Waals surface area contributed by atoms with Gasteiger partial charge < -0.3 is 9.53 Å². The van der Waals surface area contributed by atoms with Crippen LogP contribution in [0, 0.1) is 0 Å². The quantitative estimate of drug-likeness (QED) is 0.669. The molecule has 0 saturated carbocycles. The molecule has 0 amide bonds. The number of rotatable bonds is 5. The Morgan fingerprint density at radius 1 is 1.36 bits per heavy atom. The Morgan fingerprint density at radius 2 is 2.00 bits per heavy atom. The number of carbonyl (C=O) groups is 1. The smallest absolute Gasteiger partial charge is 0.151 e. The molecule has 2 heteroatoms. The highest BCUT2D eigenvalue weighted by molar-refractivity contribution is 5.61. The molecular formula is C12H16O2. The lowest BCUT2D eigenvalue weighted by Crippen LogP contribution is -2.29. The van der Waals surface area contributed by atoms with Crippen molar-refractivity contribution in [2.75, 3.05) is 7.11 Å². The van der Waals surface area contributed by atoms with Crippen molar-refractivity contribution in [3.63, 3.8) is 0 Å². The SMILES string of the molecule is COC(C)(C=O)CCc1ccccc1. The monoisotopic (exact) mass is 192 g/mol. The lowest BCUT2D eigenvalue weighted by molar-refractivity contribution is -0.126. The van der Waals surface area contributed by atoms with Gasteiger partial charge in [0.05, 0.1) is 0 Å². The Labute approximate surface area is 84.9 Å². The van der Waals surface area contributed by atoms with Crippen LogP contribution in [0.4, 0.5) is 0 Å². The zero-order valence-electron chi connectivity index (χ0n) is 8.69. The Balaban J connectivity index is 2.52. The maximum absolute atomic E-state index is 10.8. The van der Waals surface area contributed by atoms with Gasteiger partial charge >= 0.3 is 0 Å². The predicted octanol–water partition coefficient (Wildman–Crippen LogP) is 2.22. The number of aldehydes is 1. The molecule has 1 aromatic carbocycles. The van der Waals surface area contributed by atoms with Gasteiger partial charge in [-0.05, 0) is 25.3 Å². The van der Waals surface area contributed by atoms with E-state index in [0.717, 1.165) is 19.1 Å².